The van der Waals surface area contributed by atoms with Crippen molar-refractivity contribution in [3.05, 3.63) is 77.6 Å². The standard InChI is InChI=1S/C24H23N5O3S2/c30-21(27-10-12-28(13-11-27)23(31)19-8-4-14-32-19)17-34-24-26-25-22(20-9-5-15-33-20)29(24)16-18-6-2-1-3-7-18/h1-9,14-15H,10-13,16-17H2. The van der Waals surface area contributed by atoms with E-state index in [0.717, 1.165) is 16.3 Å². The van der Waals surface area contributed by atoms with Gasteiger partial charge in [0, 0.05) is 26.2 Å². The summed E-state index contributed by atoms with van der Waals surface area (Å²) in [7, 11) is 0. The number of amides is 2. The smallest absolute Gasteiger partial charge is 0.289 e. The average molecular weight is 494 g/mol. The largest absolute Gasteiger partial charge is 0.459 e. The number of thiophene rings is 1. The Bertz CT molecular complexity index is 1230. The maximum atomic E-state index is 12.9. The van der Waals surface area contributed by atoms with E-state index in [9.17, 15) is 9.59 Å². The zero-order chi connectivity index (χ0) is 23.3. The summed E-state index contributed by atoms with van der Waals surface area (Å²) >= 11 is 3.01. The topological polar surface area (TPSA) is 84.5 Å². The van der Waals surface area contributed by atoms with Crippen molar-refractivity contribution in [3.63, 3.8) is 0 Å². The molecule has 0 N–H and O–H groups in total. The van der Waals surface area contributed by atoms with Gasteiger partial charge in [0.1, 0.15) is 0 Å². The first kappa shape index (κ1) is 22.4. The Balaban J connectivity index is 1.23. The minimum Gasteiger partial charge on any atom is -0.459 e. The van der Waals surface area contributed by atoms with Crippen molar-refractivity contribution in [3.8, 4) is 10.7 Å². The molecule has 2 amide bonds. The Hall–Kier alpha value is -3.37. The van der Waals surface area contributed by atoms with Gasteiger partial charge in [0.2, 0.25) is 5.91 Å². The molecule has 10 heteroatoms. The van der Waals surface area contributed by atoms with Crippen molar-refractivity contribution in [2.24, 2.45) is 0 Å². The van der Waals surface area contributed by atoms with Crippen LogP contribution in [0.25, 0.3) is 10.7 Å². The van der Waals surface area contributed by atoms with E-state index in [4.69, 9.17) is 4.42 Å². The predicted octanol–water partition coefficient (Wildman–Crippen LogP) is 3.72. The molecule has 5 rings (SSSR count). The third-order valence-corrected chi connectivity index (χ3v) is 7.44. The zero-order valence-corrected chi connectivity index (χ0v) is 20.0. The molecular weight excluding hydrogens is 470 g/mol. The fourth-order valence-corrected chi connectivity index (χ4v) is 5.38. The second kappa shape index (κ2) is 10.3. The molecule has 34 heavy (non-hydrogen) atoms. The lowest BCUT2D eigenvalue weighted by Gasteiger charge is -2.34. The highest BCUT2D eigenvalue weighted by Gasteiger charge is 2.26. The van der Waals surface area contributed by atoms with Crippen LogP contribution in [0.1, 0.15) is 16.1 Å². The Morgan fingerprint density at radius 1 is 0.941 bits per heavy atom. The molecule has 0 atom stereocenters. The third-order valence-electron chi connectivity index (χ3n) is 5.62. The van der Waals surface area contributed by atoms with Crippen LogP contribution in [0, 0.1) is 0 Å². The fraction of sp³-hybridized carbons (Fsp3) is 0.250. The fourth-order valence-electron chi connectivity index (χ4n) is 3.82. The van der Waals surface area contributed by atoms with Crippen LogP contribution >= 0.6 is 23.1 Å². The van der Waals surface area contributed by atoms with E-state index in [0.29, 0.717) is 43.6 Å². The van der Waals surface area contributed by atoms with Gasteiger partial charge in [-0.25, -0.2) is 0 Å². The van der Waals surface area contributed by atoms with Gasteiger partial charge in [-0.15, -0.1) is 21.5 Å². The lowest BCUT2D eigenvalue weighted by atomic mass is 10.2. The third kappa shape index (κ3) is 4.92. The summed E-state index contributed by atoms with van der Waals surface area (Å²) in [6.07, 6.45) is 1.49. The molecule has 1 aliphatic heterocycles. The Kier molecular flexibility index (Phi) is 6.77. The predicted molar refractivity (Wildman–Crippen MR) is 131 cm³/mol. The zero-order valence-electron chi connectivity index (χ0n) is 18.4. The van der Waals surface area contributed by atoms with E-state index in [2.05, 4.69) is 26.9 Å². The number of piperazine rings is 1. The molecule has 0 unspecified atom stereocenters. The summed E-state index contributed by atoms with van der Waals surface area (Å²) in [6, 6.07) is 17.5. The lowest BCUT2D eigenvalue weighted by Crippen LogP contribution is -2.51. The highest BCUT2D eigenvalue weighted by molar-refractivity contribution is 7.99. The Labute approximate surface area is 205 Å². The number of carbonyl (C=O) groups is 2. The maximum absolute atomic E-state index is 12.9. The van der Waals surface area contributed by atoms with Gasteiger partial charge in [0.15, 0.2) is 16.7 Å². The van der Waals surface area contributed by atoms with Crippen LogP contribution in [-0.4, -0.2) is 68.3 Å². The molecule has 0 saturated carbocycles. The second-order valence-electron chi connectivity index (χ2n) is 7.79. The Morgan fingerprint density at radius 3 is 2.44 bits per heavy atom. The van der Waals surface area contributed by atoms with Crippen LogP contribution in [0.4, 0.5) is 0 Å². The van der Waals surface area contributed by atoms with Crippen molar-refractivity contribution < 1.29 is 14.0 Å². The van der Waals surface area contributed by atoms with Crippen LogP contribution in [0.3, 0.4) is 0 Å². The number of hydrogen-bond donors (Lipinski definition) is 0. The number of carbonyl (C=O) groups excluding carboxylic acids is 2. The summed E-state index contributed by atoms with van der Waals surface area (Å²) in [4.78, 5) is 29.9. The number of furan rings is 1. The van der Waals surface area contributed by atoms with Gasteiger partial charge in [0.25, 0.3) is 5.91 Å². The van der Waals surface area contributed by atoms with Crippen molar-refractivity contribution >= 4 is 34.9 Å². The summed E-state index contributed by atoms with van der Waals surface area (Å²) in [6.45, 7) is 2.61. The quantitative estimate of drug-likeness (QED) is 0.365. The molecule has 174 valence electrons. The normalized spacial score (nSPS) is 13.9. The summed E-state index contributed by atoms with van der Waals surface area (Å²) in [5, 5.41) is 11.6. The number of nitrogens with zero attached hydrogens (tertiary/aromatic N) is 5. The summed E-state index contributed by atoms with van der Waals surface area (Å²) in [5.74, 6) is 1.29. The van der Waals surface area contributed by atoms with Gasteiger partial charge in [-0.1, -0.05) is 48.2 Å². The van der Waals surface area contributed by atoms with Gasteiger partial charge in [-0.3, -0.25) is 14.2 Å². The number of hydrogen-bond acceptors (Lipinski definition) is 7. The number of thioether (sulfide) groups is 1. The van der Waals surface area contributed by atoms with E-state index in [1.807, 2.05) is 35.7 Å². The summed E-state index contributed by atoms with van der Waals surface area (Å²) < 4.78 is 7.27. The van der Waals surface area contributed by atoms with Gasteiger partial charge >= 0.3 is 0 Å². The van der Waals surface area contributed by atoms with Gasteiger partial charge in [-0.05, 0) is 29.1 Å². The van der Waals surface area contributed by atoms with Crippen LogP contribution in [0.5, 0.6) is 0 Å². The van der Waals surface area contributed by atoms with Crippen LogP contribution in [0.2, 0.25) is 0 Å². The Morgan fingerprint density at radius 2 is 1.74 bits per heavy atom. The van der Waals surface area contributed by atoms with E-state index in [1.54, 1.807) is 33.3 Å². The molecule has 1 saturated heterocycles. The highest BCUT2D eigenvalue weighted by atomic mass is 32.2. The molecule has 4 aromatic rings. The molecule has 0 aliphatic carbocycles. The highest BCUT2D eigenvalue weighted by Crippen LogP contribution is 2.28. The van der Waals surface area contributed by atoms with Crippen molar-refractivity contribution in [2.45, 2.75) is 11.7 Å². The first-order valence-corrected chi connectivity index (χ1v) is 12.8. The lowest BCUT2D eigenvalue weighted by molar-refractivity contribution is -0.129. The van der Waals surface area contributed by atoms with Crippen molar-refractivity contribution in [1.29, 1.82) is 0 Å². The number of aromatic nitrogens is 3. The monoisotopic (exact) mass is 493 g/mol. The molecular formula is C24H23N5O3S2. The van der Waals surface area contributed by atoms with Crippen molar-refractivity contribution in [1.82, 2.24) is 24.6 Å². The average Bonchev–Trinajstić information content (AvgIpc) is 3.65. The molecule has 4 heterocycles. The summed E-state index contributed by atoms with van der Waals surface area (Å²) in [5.41, 5.74) is 1.14. The van der Waals surface area contributed by atoms with Crippen LogP contribution < -0.4 is 0 Å². The van der Waals surface area contributed by atoms with E-state index >= 15 is 0 Å². The first-order chi connectivity index (χ1) is 16.7. The maximum Gasteiger partial charge on any atom is 0.289 e. The molecule has 1 fully saturated rings. The molecule has 0 bridgehead atoms. The van der Waals surface area contributed by atoms with E-state index in [-0.39, 0.29) is 17.6 Å². The second-order valence-corrected chi connectivity index (χ2v) is 9.68. The molecule has 8 nitrogen and oxygen atoms in total. The minimum atomic E-state index is -0.137. The van der Waals surface area contributed by atoms with Gasteiger partial charge in [0.05, 0.1) is 23.4 Å². The number of rotatable bonds is 7. The van der Waals surface area contributed by atoms with Gasteiger partial charge in [-0.2, -0.15) is 0 Å². The van der Waals surface area contributed by atoms with Crippen LogP contribution in [-0.2, 0) is 11.3 Å². The van der Waals surface area contributed by atoms with Crippen molar-refractivity contribution in [2.75, 3.05) is 31.9 Å². The first-order valence-electron chi connectivity index (χ1n) is 10.9. The molecule has 0 spiro atoms. The molecule has 3 aromatic heterocycles. The van der Waals surface area contributed by atoms with Crippen LogP contribution in [0.15, 0.2) is 75.8 Å². The molecule has 1 aromatic carbocycles. The minimum absolute atomic E-state index is 0.0297. The SMILES string of the molecule is O=C(CSc1nnc(-c2cccs2)n1Cc1ccccc1)N1CCN(C(=O)c2ccco2)CC1. The number of benzene rings is 1. The van der Waals surface area contributed by atoms with E-state index in [1.165, 1.54) is 18.0 Å². The van der Waals surface area contributed by atoms with Gasteiger partial charge < -0.3 is 14.2 Å². The van der Waals surface area contributed by atoms with E-state index < -0.39 is 0 Å². The molecule has 1 aliphatic rings. The molecule has 0 radical (unpaired) electrons.